The summed E-state index contributed by atoms with van der Waals surface area (Å²) in [6.07, 6.45) is 6.58. The lowest BCUT2D eigenvalue weighted by atomic mass is 9.79. The van der Waals surface area contributed by atoms with E-state index in [1.54, 1.807) is 22.7 Å². The van der Waals surface area contributed by atoms with Gasteiger partial charge in [-0.3, -0.25) is 9.10 Å². The summed E-state index contributed by atoms with van der Waals surface area (Å²) in [5.74, 6) is 0.159. The largest absolute Gasteiger partial charge is 0.488 e. The van der Waals surface area contributed by atoms with E-state index >= 15 is 0 Å². The second-order valence-electron chi connectivity index (χ2n) is 11.8. The molecule has 0 radical (unpaired) electrons. The summed E-state index contributed by atoms with van der Waals surface area (Å²) in [6, 6.07) is 7.03. The number of ether oxygens (including phenoxy) is 1. The number of hydrogen-bond donors (Lipinski definition) is 0. The first kappa shape index (κ1) is 24.5. The molecule has 3 aliphatic rings. The van der Waals surface area contributed by atoms with Crippen LogP contribution in [0.15, 0.2) is 52.4 Å². The van der Waals surface area contributed by atoms with Gasteiger partial charge in [-0.2, -0.15) is 0 Å². The second-order valence-corrected chi connectivity index (χ2v) is 24.0. The first-order valence-electron chi connectivity index (χ1n) is 11.9. The Hall–Kier alpha value is -1.65. The highest BCUT2D eigenvalue weighted by molar-refractivity contribution is 7.89. The van der Waals surface area contributed by atoms with E-state index in [4.69, 9.17) is 4.74 Å². The molecular formula is C25H37NO4SSi2. The lowest BCUT2D eigenvalue weighted by molar-refractivity contribution is -0.123. The highest BCUT2D eigenvalue weighted by Crippen LogP contribution is 2.68. The molecule has 1 fully saturated rings. The number of hydrogen-bond acceptors (Lipinski definition) is 4. The number of rotatable bonds is 4. The average Bonchev–Trinajstić information content (AvgIpc) is 2.80. The molecule has 180 valence electrons. The van der Waals surface area contributed by atoms with Crippen molar-refractivity contribution < 1.29 is 17.9 Å². The molecule has 2 atom stereocenters. The van der Waals surface area contributed by atoms with Gasteiger partial charge in [-0.15, -0.1) is 0 Å². The molecule has 0 N–H and O–H groups in total. The molecule has 0 bridgehead atoms. The fourth-order valence-electron chi connectivity index (χ4n) is 6.20. The van der Waals surface area contributed by atoms with Crippen LogP contribution < -0.4 is 0 Å². The average molecular weight is 504 g/mol. The number of nitrogens with zero attached hydrogens (tertiary/aromatic N) is 1. The van der Waals surface area contributed by atoms with Crippen molar-refractivity contribution in [1.82, 2.24) is 4.31 Å². The topological polar surface area (TPSA) is 63.7 Å². The third-order valence-electron chi connectivity index (χ3n) is 7.74. The Balaban J connectivity index is 2.07. The minimum atomic E-state index is -3.84. The molecular weight excluding hydrogens is 467 g/mol. The summed E-state index contributed by atoms with van der Waals surface area (Å²) >= 11 is 0. The third kappa shape index (κ3) is 3.35. The third-order valence-corrected chi connectivity index (χ3v) is 14.9. The van der Waals surface area contributed by atoms with Gasteiger partial charge in [0.1, 0.15) is 0 Å². The quantitative estimate of drug-likeness (QED) is 0.499. The molecule has 0 saturated carbocycles. The predicted molar refractivity (Wildman–Crippen MR) is 138 cm³/mol. The highest BCUT2D eigenvalue weighted by Gasteiger charge is 2.73. The number of aryl methyl sites for hydroxylation is 1. The Labute approximate surface area is 201 Å². The second kappa shape index (κ2) is 7.68. The number of Topliss-reactive ketones (excluding diaryl/α,β-unsaturated/α-hetero) is 1. The minimum Gasteiger partial charge on any atom is -0.488 e. The Morgan fingerprint density at radius 2 is 1.64 bits per heavy atom. The van der Waals surface area contributed by atoms with Gasteiger partial charge in [0.15, 0.2) is 11.4 Å². The molecule has 4 rings (SSSR count). The lowest BCUT2D eigenvalue weighted by Gasteiger charge is -2.53. The van der Waals surface area contributed by atoms with Crippen molar-refractivity contribution in [1.29, 1.82) is 0 Å². The van der Waals surface area contributed by atoms with Crippen LogP contribution in [0, 0.1) is 6.92 Å². The fraction of sp³-hybridized carbons (Fsp3) is 0.560. The maximum atomic E-state index is 14.6. The summed E-state index contributed by atoms with van der Waals surface area (Å²) in [5, 5.41) is 0.0802. The van der Waals surface area contributed by atoms with Gasteiger partial charge in [0, 0.05) is 11.7 Å². The number of benzene rings is 1. The monoisotopic (exact) mass is 503 g/mol. The van der Waals surface area contributed by atoms with Crippen molar-refractivity contribution in [2.24, 2.45) is 0 Å². The number of sulfonamides is 1. The number of allylic oxidation sites excluding steroid dienone is 2. The molecule has 2 aliphatic heterocycles. The van der Waals surface area contributed by atoms with Crippen LogP contribution in [-0.4, -0.2) is 46.8 Å². The maximum Gasteiger partial charge on any atom is 0.264 e. The van der Waals surface area contributed by atoms with Crippen LogP contribution in [0.2, 0.25) is 44.3 Å². The first-order valence-corrected chi connectivity index (χ1v) is 20.4. The molecule has 33 heavy (non-hydrogen) atoms. The smallest absolute Gasteiger partial charge is 0.264 e. The predicted octanol–water partition coefficient (Wildman–Crippen LogP) is 5.64. The van der Waals surface area contributed by atoms with Crippen LogP contribution in [0.1, 0.15) is 31.2 Å². The van der Waals surface area contributed by atoms with Crippen molar-refractivity contribution in [3.05, 3.63) is 53.1 Å². The summed E-state index contributed by atoms with van der Waals surface area (Å²) in [7, 11) is -8.25. The van der Waals surface area contributed by atoms with E-state index in [2.05, 4.69) is 39.3 Å². The Morgan fingerprint density at radius 1 is 1.00 bits per heavy atom. The van der Waals surface area contributed by atoms with Crippen LogP contribution in [0.5, 0.6) is 0 Å². The molecule has 0 amide bonds. The van der Waals surface area contributed by atoms with Crippen LogP contribution in [0.25, 0.3) is 0 Å². The van der Waals surface area contributed by atoms with E-state index in [9.17, 15) is 13.2 Å². The maximum absolute atomic E-state index is 14.6. The number of carbonyl (C=O) groups is 1. The normalized spacial score (nSPS) is 28.3. The van der Waals surface area contributed by atoms with Gasteiger partial charge in [0.2, 0.25) is 0 Å². The Bertz CT molecular complexity index is 1140. The van der Waals surface area contributed by atoms with Crippen LogP contribution in [0.3, 0.4) is 0 Å². The van der Waals surface area contributed by atoms with E-state index in [0.29, 0.717) is 25.1 Å². The minimum absolute atomic E-state index is 0.159. The van der Waals surface area contributed by atoms with Crippen molar-refractivity contribution >= 4 is 32.0 Å². The van der Waals surface area contributed by atoms with Crippen molar-refractivity contribution in [2.75, 3.05) is 6.54 Å². The van der Waals surface area contributed by atoms with E-state index in [0.717, 1.165) is 23.6 Å². The van der Waals surface area contributed by atoms with Gasteiger partial charge in [0.05, 0.1) is 38.0 Å². The van der Waals surface area contributed by atoms with Gasteiger partial charge in [0.25, 0.3) is 10.0 Å². The summed E-state index contributed by atoms with van der Waals surface area (Å²) in [6.45, 7) is 15.5. The van der Waals surface area contributed by atoms with Crippen LogP contribution in [-0.2, 0) is 19.6 Å². The first-order chi connectivity index (χ1) is 15.2. The van der Waals surface area contributed by atoms with Gasteiger partial charge in [-0.05, 0) is 50.8 Å². The fourth-order valence-corrected chi connectivity index (χ4v) is 13.0. The van der Waals surface area contributed by atoms with E-state index in [-0.39, 0.29) is 10.7 Å². The summed E-state index contributed by atoms with van der Waals surface area (Å²) < 4.78 is 36.4. The molecule has 1 aliphatic carbocycles. The van der Waals surface area contributed by atoms with Crippen molar-refractivity contribution in [3.8, 4) is 0 Å². The zero-order chi connectivity index (χ0) is 24.4. The van der Waals surface area contributed by atoms with E-state index in [1.165, 1.54) is 0 Å². The summed E-state index contributed by atoms with van der Waals surface area (Å²) in [5.41, 5.74) is 0.766. The lowest BCUT2D eigenvalue weighted by Crippen LogP contribution is -2.60. The molecule has 0 aromatic heterocycles. The SMILES string of the molecule is Cc1ccc(S(=O)(=O)N2CCCC[C@]34OC=CC[C@@]3([Si](C)(C)C)C(=O)C([Si](C)(C)C)=C24)cc1. The molecule has 5 nitrogen and oxygen atoms in total. The van der Waals surface area contributed by atoms with Gasteiger partial charge >= 0.3 is 0 Å². The van der Waals surface area contributed by atoms with E-state index in [1.807, 2.05) is 25.1 Å². The highest BCUT2D eigenvalue weighted by atomic mass is 32.2. The Kier molecular flexibility index (Phi) is 5.70. The van der Waals surface area contributed by atoms with Gasteiger partial charge < -0.3 is 4.74 Å². The molecule has 8 heteroatoms. The van der Waals surface area contributed by atoms with Gasteiger partial charge in [-0.1, -0.05) is 57.0 Å². The number of carbonyl (C=O) groups excluding carboxylic acids is 1. The molecule has 1 aromatic carbocycles. The van der Waals surface area contributed by atoms with Crippen LogP contribution >= 0.6 is 0 Å². The zero-order valence-corrected chi connectivity index (χ0v) is 23.8. The van der Waals surface area contributed by atoms with Crippen molar-refractivity contribution in [2.45, 2.75) is 87.4 Å². The molecule has 2 heterocycles. The molecule has 1 spiro atoms. The van der Waals surface area contributed by atoms with E-state index < -0.39 is 36.8 Å². The molecule has 1 aromatic rings. The molecule has 1 saturated heterocycles. The van der Waals surface area contributed by atoms with Crippen LogP contribution in [0.4, 0.5) is 0 Å². The van der Waals surface area contributed by atoms with Gasteiger partial charge in [-0.25, -0.2) is 8.42 Å². The molecule has 0 unspecified atom stereocenters. The Morgan fingerprint density at radius 3 is 2.21 bits per heavy atom. The summed E-state index contributed by atoms with van der Waals surface area (Å²) in [4.78, 5) is 14.8. The standard InChI is InChI=1S/C25H37NO4SSi2/c1-19-11-13-20(14-12-19)31(28,29)26-17-9-8-15-24-22(26)21(32(2,3)4)23(27)25(24,33(5,6)7)16-10-18-30-24/h10-14,18H,8-9,15-17H2,1-7H3/t24-,25-/m1/s1. The number of ketones is 1. The van der Waals surface area contributed by atoms with Crippen molar-refractivity contribution in [3.63, 3.8) is 0 Å². The zero-order valence-electron chi connectivity index (χ0n) is 21.0.